The van der Waals surface area contributed by atoms with Crippen molar-refractivity contribution < 1.29 is 0 Å². The molecule has 1 N–H and O–H groups in total. The molecule has 0 bridgehead atoms. The average Bonchev–Trinajstić information content (AvgIpc) is 2.74. The number of aryl methyl sites for hydroxylation is 1. The Hall–Kier alpha value is -0.830. The molecule has 1 aromatic rings. The molecule has 2 heterocycles. The second-order valence-corrected chi connectivity index (χ2v) is 4.23. The van der Waals surface area contributed by atoms with Crippen LogP contribution in [-0.2, 0) is 6.54 Å². The van der Waals surface area contributed by atoms with E-state index in [0.29, 0.717) is 6.04 Å². The normalized spacial score (nSPS) is 27.0. The molecule has 0 saturated carbocycles. The van der Waals surface area contributed by atoms with E-state index in [9.17, 15) is 0 Å². The van der Waals surface area contributed by atoms with Crippen LogP contribution in [0.1, 0.15) is 38.3 Å². The molecule has 3 heteroatoms. The Morgan fingerprint density at radius 1 is 1.64 bits per heavy atom. The number of hydrogen-bond donors (Lipinski definition) is 1. The van der Waals surface area contributed by atoms with Gasteiger partial charge in [0.05, 0.1) is 6.20 Å². The number of aromatic nitrogens is 2. The van der Waals surface area contributed by atoms with Gasteiger partial charge in [-0.1, -0.05) is 13.8 Å². The van der Waals surface area contributed by atoms with E-state index in [1.807, 2.05) is 10.9 Å². The lowest BCUT2D eigenvalue weighted by atomic mass is 9.99. The summed E-state index contributed by atoms with van der Waals surface area (Å²) < 4.78 is 2.04. The lowest BCUT2D eigenvalue weighted by Crippen LogP contribution is -2.15. The lowest BCUT2D eigenvalue weighted by molar-refractivity contribution is 0.502. The van der Waals surface area contributed by atoms with Crippen LogP contribution in [0.5, 0.6) is 0 Å². The Morgan fingerprint density at radius 3 is 3.14 bits per heavy atom. The molecule has 0 aliphatic carbocycles. The highest BCUT2D eigenvalue weighted by Crippen LogP contribution is 2.28. The molecular formula is C11H19N3. The molecule has 1 aromatic heterocycles. The molecule has 2 unspecified atom stereocenters. The minimum absolute atomic E-state index is 0.528. The number of rotatable bonds is 3. The third-order valence-corrected chi connectivity index (χ3v) is 3.00. The summed E-state index contributed by atoms with van der Waals surface area (Å²) in [6.07, 6.45) is 6.62. The van der Waals surface area contributed by atoms with Crippen LogP contribution in [0.4, 0.5) is 0 Å². The highest BCUT2D eigenvalue weighted by atomic mass is 15.3. The summed E-state index contributed by atoms with van der Waals surface area (Å²) >= 11 is 0. The van der Waals surface area contributed by atoms with E-state index in [0.717, 1.165) is 25.4 Å². The highest BCUT2D eigenvalue weighted by Gasteiger charge is 2.25. The summed E-state index contributed by atoms with van der Waals surface area (Å²) in [4.78, 5) is 0. The number of nitrogens with zero attached hydrogens (tertiary/aromatic N) is 2. The molecule has 1 aliphatic heterocycles. The quantitative estimate of drug-likeness (QED) is 0.795. The molecule has 0 spiro atoms. The first-order chi connectivity index (χ1) is 6.81. The van der Waals surface area contributed by atoms with E-state index < -0.39 is 0 Å². The summed E-state index contributed by atoms with van der Waals surface area (Å²) in [5.74, 6) is 0.745. The molecular weight excluding hydrogens is 174 g/mol. The predicted octanol–water partition coefficient (Wildman–Crippen LogP) is 1.96. The zero-order valence-electron chi connectivity index (χ0n) is 9.03. The van der Waals surface area contributed by atoms with E-state index in [-0.39, 0.29) is 0 Å². The largest absolute Gasteiger partial charge is 0.310 e. The second kappa shape index (κ2) is 4.13. The molecule has 2 atom stereocenters. The summed E-state index contributed by atoms with van der Waals surface area (Å²) in [5, 5.41) is 7.89. The van der Waals surface area contributed by atoms with Gasteiger partial charge in [0.1, 0.15) is 0 Å². The van der Waals surface area contributed by atoms with E-state index in [1.54, 1.807) is 0 Å². The Balaban J connectivity index is 2.08. The predicted molar refractivity (Wildman–Crippen MR) is 57.0 cm³/mol. The van der Waals surface area contributed by atoms with Gasteiger partial charge in [0.15, 0.2) is 0 Å². The van der Waals surface area contributed by atoms with Crippen LogP contribution in [-0.4, -0.2) is 16.3 Å². The van der Waals surface area contributed by atoms with Gasteiger partial charge in [0.25, 0.3) is 0 Å². The van der Waals surface area contributed by atoms with Crippen LogP contribution < -0.4 is 5.32 Å². The van der Waals surface area contributed by atoms with Crippen LogP contribution in [0.25, 0.3) is 0 Å². The van der Waals surface area contributed by atoms with E-state index in [2.05, 4.69) is 30.5 Å². The molecule has 0 amide bonds. The topological polar surface area (TPSA) is 29.9 Å². The average molecular weight is 193 g/mol. The minimum Gasteiger partial charge on any atom is -0.310 e. The fourth-order valence-electron chi connectivity index (χ4n) is 2.17. The summed E-state index contributed by atoms with van der Waals surface area (Å²) in [5.41, 5.74) is 1.35. The van der Waals surface area contributed by atoms with Gasteiger partial charge in [0.2, 0.25) is 0 Å². The summed E-state index contributed by atoms with van der Waals surface area (Å²) in [6.45, 7) is 6.66. The van der Waals surface area contributed by atoms with Crippen molar-refractivity contribution in [1.82, 2.24) is 15.1 Å². The van der Waals surface area contributed by atoms with Crippen molar-refractivity contribution >= 4 is 0 Å². The van der Waals surface area contributed by atoms with Gasteiger partial charge in [-0.25, -0.2) is 0 Å². The van der Waals surface area contributed by atoms with Crippen LogP contribution in [0.2, 0.25) is 0 Å². The van der Waals surface area contributed by atoms with Gasteiger partial charge in [0, 0.05) is 24.3 Å². The zero-order valence-corrected chi connectivity index (χ0v) is 9.03. The number of nitrogens with one attached hydrogen (secondary N) is 1. The number of hydrogen-bond acceptors (Lipinski definition) is 2. The summed E-state index contributed by atoms with van der Waals surface area (Å²) in [6, 6.07) is 0.528. The Labute approximate surface area is 85.5 Å². The lowest BCUT2D eigenvalue weighted by Gasteiger charge is -2.12. The fraction of sp³-hybridized carbons (Fsp3) is 0.727. The van der Waals surface area contributed by atoms with Crippen LogP contribution in [0.3, 0.4) is 0 Å². The van der Waals surface area contributed by atoms with Gasteiger partial charge in [-0.2, -0.15) is 5.10 Å². The molecule has 78 valence electrons. The molecule has 0 radical (unpaired) electrons. The first-order valence-corrected chi connectivity index (χ1v) is 5.57. The van der Waals surface area contributed by atoms with Crippen molar-refractivity contribution in [1.29, 1.82) is 0 Å². The molecule has 1 saturated heterocycles. The van der Waals surface area contributed by atoms with E-state index >= 15 is 0 Å². The van der Waals surface area contributed by atoms with Crippen molar-refractivity contribution in [2.24, 2.45) is 5.92 Å². The second-order valence-electron chi connectivity index (χ2n) is 4.23. The van der Waals surface area contributed by atoms with Crippen LogP contribution in [0, 0.1) is 5.92 Å². The Morgan fingerprint density at radius 2 is 2.50 bits per heavy atom. The van der Waals surface area contributed by atoms with E-state index in [4.69, 9.17) is 0 Å². The van der Waals surface area contributed by atoms with Crippen LogP contribution >= 0.6 is 0 Å². The third-order valence-electron chi connectivity index (χ3n) is 3.00. The molecule has 1 fully saturated rings. The SMILES string of the molecule is CCCn1cc(C2NCCC2C)cn1. The standard InChI is InChI=1S/C11H19N3/c1-3-6-14-8-10(7-13-14)11-9(2)4-5-12-11/h7-9,11-12H,3-6H2,1-2H3. The Bertz CT molecular complexity index is 292. The smallest absolute Gasteiger partial charge is 0.0537 e. The van der Waals surface area contributed by atoms with Gasteiger partial charge >= 0.3 is 0 Å². The Kier molecular flexibility index (Phi) is 2.87. The van der Waals surface area contributed by atoms with Crippen molar-refractivity contribution in [2.45, 2.75) is 39.3 Å². The maximum absolute atomic E-state index is 4.36. The monoisotopic (exact) mass is 193 g/mol. The summed E-state index contributed by atoms with van der Waals surface area (Å²) in [7, 11) is 0. The van der Waals surface area contributed by atoms with Crippen molar-refractivity contribution in [3.8, 4) is 0 Å². The first kappa shape index (κ1) is 9.71. The van der Waals surface area contributed by atoms with Crippen molar-refractivity contribution in [3.05, 3.63) is 18.0 Å². The van der Waals surface area contributed by atoms with Crippen LogP contribution in [0.15, 0.2) is 12.4 Å². The van der Waals surface area contributed by atoms with Gasteiger partial charge in [-0.05, 0) is 25.3 Å². The molecule has 14 heavy (non-hydrogen) atoms. The van der Waals surface area contributed by atoms with Crippen molar-refractivity contribution in [3.63, 3.8) is 0 Å². The first-order valence-electron chi connectivity index (χ1n) is 5.57. The highest BCUT2D eigenvalue weighted by molar-refractivity contribution is 5.13. The zero-order chi connectivity index (χ0) is 9.97. The molecule has 3 nitrogen and oxygen atoms in total. The molecule has 2 rings (SSSR count). The maximum Gasteiger partial charge on any atom is 0.0537 e. The molecule has 1 aliphatic rings. The van der Waals surface area contributed by atoms with Gasteiger partial charge < -0.3 is 5.32 Å². The van der Waals surface area contributed by atoms with Gasteiger partial charge in [-0.3, -0.25) is 4.68 Å². The fourth-order valence-corrected chi connectivity index (χ4v) is 2.17. The third kappa shape index (κ3) is 1.82. The maximum atomic E-state index is 4.36. The molecule has 0 aromatic carbocycles. The van der Waals surface area contributed by atoms with E-state index in [1.165, 1.54) is 12.0 Å². The van der Waals surface area contributed by atoms with Crippen molar-refractivity contribution in [2.75, 3.05) is 6.54 Å². The van der Waals surface area contributed by atoms with Gasteiger partial charge in [-0.15, -0.1) is 0 Å². The minimum atomic E-state index is 0.528.